The van der Waals surface area contributed by atoms with Crippen molar-refractivity contribution in [1.82, 2.24) is 5.32 Å². The summed E-state index contributed by atoms with van der Waals surface area (Å²) in [5.74, 6) is -0.0218. The first-order chi connectivity index (χ1) is 9.88. The number of nitrogens with one attached hydrogen (secondary N) is 1. The number of hydrogen-bond donors (Lipinski definition) is 1. The molecule has 0 heterocycles. The van der Waals surface area contributed by atoms with E-state index >= 15 is 0 Å². The molecule has 2 aromatic carbocycles. The van der Waals surface area contributed by atoms with E-state index in [1.807, 2.05) is 32.0 Å². The minimum absolute atomic E-state index is 0.000917. The quantitative estimate of drug-likeness (QED) is 0.887. The normalized spacial score (nSPS) is 12.0. The predicted octanol–water partition coefficient (Wildman–Crippen LogP) is 4.41. The molecule has 110 valence electrons. The molecule has 1 atom stereocenters. The van der Waals surface area contributed by atoms with Crippen LogP contribution in [0.2, 0.25) is 0 Å². The van der Waals surface area contributed by atoms with Crippen molar-refractivity contribution >= 4 is 5.91 Å². The van der Waals surface area contributed by atoms with Crippen LogP contribution in [-0.4, -0.2) is 5.91 Å². The standard InChI is InChI=1S/C19H23NO/c1-12-6-7-14(3)18(10-12)16(5)20-19(21)17-9-8-13(2)15(4)11-17/h6-11,16H,1-5H3,(H,20,21)/t16-/m1/s1. The van der Waals surface area contributed by atoms with E-state index in [0.29, 0.717) is 0 Å². The van der Waals surface area contributed by atoms with Crippen LogP contribution in [0.25, 0.3) is 0 Å². The number of hydrogen-bond acceptors (Lipinski definition) is 1. The van der Waals surface area contributed by atoms with Crippen molar-refractivity contribution in [2.45, 2.75) is 40.7 Å². The van der Waals surface area contributed by atoms with Crippen molar-refractivity contribution in [3.63, 3.8) is 0 Å². The van der Waals surface area contributed by atoms with Gasteiger partial charge in [-0.15, -0.1) is 0 Å². The summed E-state index contributed by atoms with van der Waals surface area (Å²) in [5.41, 5.74) is 6.65. The molecule has 0 unspecified atom stereocenters. The number of benzene rings is 2. The van der Waals surface area contributed by atoms with Crippen LogP contribution in [0.1, 0.15) is 51.1 Å². The minimum atomic E-state index is -0.0218. The highest BCUT2D eigenvalue weighted by Gasteiger charge is 2.13. The average Bonchev–Trinajstić information content (AvgIpc) is 2.44. The van der Waals surface area contributed by atoms with Crippen LogP contribution in [0, 0.1) is 27.7 Å². The lowest BCUT2D eigenvalue weighted by molar-refractivity contribution is 0.0939. The zero-order valence-electron chi connectivity index (χ0n) is 13.4. The Morgan fingerprint density at radius 1 is 0.905 bits per heavy atom. The third-order valence-corrected chi connectivity index (χ3v) is 4.02. The van der Waals surface area contributed by atoms with Crippen LogP contribution in [0.15, 0.2) is 36.4 Å². The highest BCUT2D eigenvalue weighted by atomic mass is 16.1. The van der Waals surface area contributed by atoms with Crippen LogP contribution in [0.3, 0.4) is 0 Å². The molecule has 0 spiro atoms. The van der Waals surface area contributed by atoms with Crippen molar-refractivity contribution in [2.75, 3.05) is 0 Å². The van der Waals surface area contributed by atoms with Gasteiger partial charge in [0.25, 0.3) is 5.91 Å². The van der Waals surface area contributed by atoms with Crippen molar-refractivity contribution in [1.29, 1.82) is 0 Å². The second-order valence-electron chi connectivity index (χ2n) is 5.85. The van der Waals surface area contributed by atoms with Gasteiger partial charge in [0.2, 0.25) is 0 Å². The predicted molar refractivity (Wildman–Crippen MR) is 87.7 cm³/mol. The lowest BCUT2D eigenvalue weighted by atomic mass is 9.99. The summed E-state index contributed by atoms with van der Waals surface area (Å²) in [6.07, 6.45) is 0. The van der Waals surface area contributed by atoms with E-state index in [0.717, 1.165) is 11.1 Å². The second-order valence-corrected chi connectivity index (χ2v) is 5.85. The number of rotatable bonds is 3. The Kier molecular flexibility index (Phi) is 4.46. The van der Waals surface area contributed by atoms with Gasteiger partial charge in [-0.25, -0.2) is 0 Å². The number of carbonyl (C=O) groups is 1. The van der Waals surface area contributed by atoms with E-state index < -0.39 is 0 Å². The fourth-order valence-corrected chi connectivity index (χ4v) is 2.47. The van der Waals surface area contributed by atoms with Gasteiger partial charge in [-0.1, -0.05) is 29.8 Å². The molecule has 2 rings (SSSR count). The molecule has 0 aliphatic carbocycles. The first kappa shape index (κ1) is 15.3. The second kappa shape index (κ2) is 6.13. The first-order valence-electron chi connectivity index (χ1n) is 7.33. The SMILES string of the molecule is Cc1ccc(C)c([C@@H](C)NC(=O)c2ccc(C)c(C)c2)c1. The van der Waals surface area contributed by atoms with Crippen LogP contribution in [0.5, 0.6) is 0 Å². The average molecular weight is 281 g/mol. The summed E-state index contributed by atoms with van der Waals surface area (Å²) >= 11 is 0. The van der Waals surface area contributed by atoms with Gasteiger partial charge in [0.15, 0.2) is 0 Å². The molecule has 0 saturated carbocycles. The molecule has 1 N–H and O–H groups in total. The fourth-order valence-electron chi connectivity index (χ4n) is 2.47. The lowest BCUT2D eigenvalue weighted by Crippen LogP contribution is -2.27. The summed E-state index contributed by atoms with van der Waals surface area (Å²) in [5, 5.41) is 3.09. The Balaban J connectivity index is 2.18. The molecular formula is C19H23NO. The third kappa shape index (κ3) is 3.52. The lowest BCUT2D eigenvalue weighted by Gasteiger charge is -2.17. The molecule has 0 bridgehead atoms. The summed E-state index contributed by atoms with van der Waals surface area (Å²) in [6.45, 7) is 10.3. The maximum absolute atomic E-state index is 12.4. The molecule has 0 aromatic heterocycles. The van der Waals surface area contributed by atoms with Crippen LogP contribution in [0.4, 0.5) is 0 Å². The number of carbonyl (C=O) groups excluding carboxylic acids is 1. The Labute approximate surface area is 127 Å². The Morgan fingerprint density at radius 2 is 1.57 bits per heavy atom. The molecular weight excluding hydrogens is 258 g/mol. The maximum Gasteiger partial charge on any atom is 0.251 e. The van der Waals surface area contributed by atoms with Gasteiger partial charge in [0.1, 0.15) is 0 Å². The highest BCUT2D eigenvalue weighted by molar-refractivity contribution is 5.94. The largest absolute Gasteiger partial charge is 0.346 e. The Morgan fingerprint density at radius 3 is 2.24 bits per heavy atom. The molecule has 1 amide bonds. The molecule has 0 aliphatic rings. The number of aryl methyl sites for hydroxylation is 4. The van der Waals surface area contributed by atoms with E-state index in [1.165, 1.54) is 22.3 Å². The minimum Gasteiger partial charge on any atom is -0.346 e. The van der Waals surface area contributed by atoms with Gasteiger partial charge in [0.05, 0.1) is 6.04 Å². The van der Waals surface area contributed by atoms with Gasteiger partial charge in [-0.05, 0) is 69.0 Å². The van der Waals surface area contributed by atoms with E-state index in [-0.39, 0.29) is 11.9 Å². The van der Waals surface area contributed by atoms with Crippen molar-refractivity contribution in [2.24, 2.45) is 0 Å². The zero-order valence-corrected chi connectivity index (χ0v) is 13.4. The Hall–Kier alpha value is -2.09. The molecule has 2 nitrogen and oxygen atoms in total. The monoisotopic (exact) mass is 281 g/mol. The highest BCUT2D eigenvalue weighted by Crippen LogP contribution is 2.19. The zero-order chi connectivity index (χ0) is 15.6. The van der Waals surface area contributed by atoms with E-state index in [1.54, 1.807) is 0 Å². The first-order valence-corrected chi connectivity index (χ1v) is 7.33. The molecule has 0 saturated heterocycles. The smallest absolute Gasteiger partial charge is 0.251 e. The molecule has 21 heavy (non-hydrogen) atoms. The van der Waals surface area contributed by atoms with Crippen LogP contribution in [-0.2, 0) is 0 Å². The van der Waals surface area contributed by atoms with Crippen LogP contribution >= 0.6 is 0 Å². The molecule has 0 aliphatic heterocycles. The van der Waals surface area contributed by atoms with Crippen molar-refractivity contribution < 1.29 is 4.79 Å². The van der Waals surface area contributed by atoms with Gasteiger partial charge < -0.3 is 5.32 Å². The van der Waals surface area contributed by atoms with E-state index in [9.17, 15) is 4.79 Å². The van der Waals surface area contributed by atoms with Crippen molar-refractivity contribution in [3.05, 3.63) is 69.8 Å². The molecule has 0 radical (unpaired) electrons. The van der Waals surface area contributed by atoms with Gasteiger partial charge in [-0.3, -0.25) is 4.79 Å². The number of amides is 1. The summed E-state index contributed by atoms with van der Waals surface area (Å²) in [7, 11) is 0. The van der Waals surface area contributed by atoms with Gasteiger partial charge in [0, 0.05) is 5.56 Å². The van der Waals surface area contributed by atoms with Crippen molar-refractivity contribution in [3.8, 4) is 0 Å². The van der Waals surface area contributed by atoms with E-state index in [2.05, 4.69) is 44.3 Å². The maximum atomic E-state index is 12.4. The fraction of sp³-hybridized carbons (Fsp3) is 0.316. The molecule has 2 aromatic rings. The summed E-state index contributed by atoms with van der Waals surface area (Å²) in [4.78, 5) is 12.4. The third-order valence-electron chi connectivity index (χ3n) is 4.02. The summed E-state index contributed by atoms with van der Waals surface area (Å²) < 4.78 is 0. The molecule has 0 fully saturated rings. The summed E-state index contributed by atoms with van der Waals surface area (Å²) in [6, 6.07) is 12.2. The Bertz CT molecular complexity index is 673. The van der Waals surface area contributed by atoms with E-state index in [4.69, 9.17) is 0 Å². The van der Waals surface area contributed by atoms with Gasteiger partial charge in [-0.2, -0.15) is 0 Å². The topological polar surface area (TPSA) is 29.1 Å². The van der Waals surface area contributed by atoms with Crippen LogP contribution < -0.4 is 5.32 Å². The van der Waals surface area contributed by atoms with Gasteiger partial charge >= 0.3 is 0 Å². The molecule has 2 heteroatoms.